The first-order chi connectivity index (χ1) is 15.1. The number of furan rings is 1. The molecule has 2 aliphatic carbocycles. The topological polar surface area (TPSA) is 75.4 Å². The van der Waals surface area contributed by atoms with E-state index in [4.69, 9.17) is 4.42 Å². The van der Waals surface area contributed by atoms with Crippen molar-refractivity contribution < 1.29 is 14.0 Å². The van der Waals surface area contributed by atoms with Crippen molar-refractivity contribution in [3.63, 3.8) is 0 Å². The van der Waals surface area contributed by atoms with Crippen LogP contribution >= 0.6 is 0 Å². The Balaban J connectivity index is 1.74. The van der Waals surface area contributed by atoms with Crippen molar-refractivity contribution in [2.24, 2.45) is 5.92 Å². The van der Waals surface area contributed by atoms with E-state index >= 15 is 0 Å². The number of pyridine rings is 1. The Hall–Kier alpha value is -2.89. The van der Waals surface area contributed by atoms with Crippen LogP contribution in [0.15, 0.2) is 59.1 Å². The highest BCUT2D eigenvalue weighted by Gasteiger charge is 2.38. The number of carbonyl (C=O) groups is 2. The van der Waals surface area contributed by atoms with Gasteiger partial charge in [-0.05, 0) is 56.2 Å². The number of allylic oxidation sites excluding steroid dienone is 2. The van der Waals surface area contributed by atoms with Gasteiger partial charge >= 0.3 is 0 Å². The summed E-state index contributed by atoms with van der Waals surface area (Å²) in [7, 11) is 0. The Morgan fingerprint density at radius 3 is 2.65 bits per heavy atom. The third-order valence-electron chi connectivity index (χ3n) is 6.39. The molecular weight excluding hydrogens is 390 g/mol. The Labute approximate surface area is 183 Å². The van der Waals surface area contributed by atoms with Crippen LogP contribution in [-0.2, 0) is 4.79 Å². The molecule has 0 radical (unpaired) electrons. The number of carbonyl (C=O) groups excluding carboxylic acids is 2. The highest BCUT2D eigenvalue weighted by molar-refractivity contribution is 5.97. The molecule has 2 amide bonds. The zero-order valence-corrected chi connectivity index (χ0v) is 18.1. The van der Waals surface area contributed by atoms with Gasteiger partial charge in [-0.3, -0.25) is 19.5 Å². The van der Waals surface area contributed by atoms with Crippen LogP contribution in [0.5, 0.6) is 0 Å². The zero-order valence-electron chi connectivity index (χ0n) is 18.1. The van der Waals surface area contributed by atoms with Gasteiger partial charge in [-0.15, -0.1) is 0 Å². The second-order valence-corrected chi connectivity index (χ2v) is 8.65. The van der Waals surface area contributed by atoms with Crippen LogP contribution in [-0.4, -0.2) is 27.7 Å². The standard InChI is InChI=1S/C25H31N3O3/c1-18-9-5-6-13-21(18)28(25(30)22-14-8-16-31-22)23(19-10-7-15-26-17-19)24(29)27-20-11-3-2-4-12-20/h7-8,10,13-18,20,23H,2-6,9,11-12H2,1H3,(H,27,29)/t18-,23+/m1/s1. The summed E-state index contributed by atoms with van der Waals surface area (Å²) < 4.78 is 5.45. The molecule has 31 heavy (non-hydrogen) atoms. The maximum Gasteiger partial charge on any atom is 0.294 e. The van der Waals surface area contributed by atoms with Gasteiger partial charge in [0.05, 0.1) is 6.26 Å². The quantitative estimate of drug-likeness (QED) is 0.711. The predicted octanol–water partition coefficient (Wildman–Crippen LogP) is 5.01. The number of nitrogens with one attached hydrogen (secondary N) is 1. The summed E-state index contributed by atoms with van der Waals surface area (Å²) in [4.78, 5) is 33.2. The van der Waals surface area contributed by atoms with E-state index in [2.05, 4.69) is 23.3 Å². The normalized spacial score (nSPS) is 20.5. The van der Waals surface area contributed by atoms with Crippen molar-refractivity contribution in [1.29, 1.82) is 0 Å². The van der Waals surface area contributed by atoms with E-state index in [9.17, 15) is 9.59 Å². The van der Waals surface area contributed by atoms with E-state index in [0.29, 0.717) is 5.56 Å². The molecule has 6 heteroatoms. The lowest BCUT2D eigenvalue weighted by Crippen LogP contribution is -2.47. The monoisotopic (exact) mass is 421 g/mol. The van der Waals surface area contributed by atoms with E-state index in [0.717, 1.165) is 50.6 Å². The summed E-state index contributed by atoms with van der Waals surface area (Å²) in [6.45, 7) is 2.12. The minimum atomic E-state index is -0.792. The Kier molecular flexibility index (Phi) is 6.85. The molecule has 164 valence electrons. The van der Waals surface area contributed by atoms with Gasteiger partial charge in [0, 0.05) is 29.7 Å². The Morgan fingerprint density at radius 1 is 1.13 bits per heavy atom. The van der Waals surface area contributed by atoms with Crippen molar-refractivity contribution in [3.05, 3.63) is 66.0 Å². The maximum absolute atomic E-state index is 13.7. The Morgan fingerprint density at radius 2 is 1.97 bits per heavy atom. The molecule has 6 nitrogen and oxygen atoms in total. The SMILES string of the molecule is C[C@@H]1CCCC=C1N(C(=O)c1ccco1)[C@H](C(=O)NC1CCCCC1)c1cccnc1. The number of hydrogen-bond acceptors (Lipinski definition) is 4. The van der Waals surface area contributed by atoms with Gasteiger partial charge in [0.1, 0.15) is 6.04 Å². The predicted molar refractivity (Wildman–Crippen MR) is 118 cm³/mol. The van der Waals surface area contributed by atoms with Gasteiger partial charge < -0.3 is 9.73 Å². The second kappa shape index (κ2) is 9.94. The van der Waals surface area contributed by atoms with Gasteiger partial charge in [0.25, 0.3) is 5.91 Å². The van der Waals surface area contributed by atoms with Gasteiger partial charge in [-0.25, -0.2) is 0 Å². The van der Waals surface area contributed by atoms with Gasteiger partial charge in [0.2, 0.25) is 5.91 Å². The number of rotatable bonds is 6. The molecule has 0 saturated heterocycles. The first kappa shape index (κ1) is 21.3. The fourth-order valence-electron chi connectivity index (χ4n) is 4.74. The minimum absolute atomic E-state index is 0.152. The van der Waals surface area contributed by atoms with Crippen LogP contribution < -0.4 is 5.32 Å². The molecule has 0 spiro atoms. The molecule has 0 aromatic carbocycles. The summed E-state index contributed by atoms with van der Waals surface area (Å²) in [6.07, 6.45) is 15.3. The van der Waals surface area contributed by atoms with Crippen molar-refractivity contribution >= 4 is 11.8 Å². The minimum Gasteiger partial charge on any atom is -0.459 e. The number of amides is 2. The second-order valence-electron chi connectivity index (χ2n) is 8.65. The maximum atomic E-state index is 13.7. The molecule has 2 aliphatic rings. The lowest BCUT2D eigenvalue weighted by Gasteiger charge is -2.37. The molecule has 1 N–H and O–H groups in total. The van der Waals surface area contributed by atoms with E-state index < -0.39 is 6.04 Å². The first-order valence-corrected chi connectivity index (χ1v) is 11.4. The van der Waals surface area contributed by atoms with Crippen molar-refractivity contribution in [3.8, 4) is 0 Å². The van der Waals surface area contributed by atoms with Crippen molar-refractivity contribution in [1.82, 2.24) is 15.2 Å². The molecule has 2 aromatic rings. The lowest BCUT2D eigenvalue weighted by atomic mass is 9.90. The molecule has 4 rings (SSSR count). The summed E-state index contributed by atoms with van der Waals surface area (Å²) in [6, 6.07) is 6.39. The van der Waals surface area contributed by atoms with Crippen LogP contribution in [0.2, 0.25) is 0 Å². The van der Waals surface area contributed by atoms with Crippen LogP contribution in [0, 0.1) is 5.92 Å². The van der Waals surface area contributed by atoms with Crippen molar-refractivity contribution in [2.45, 2.75) is 70.4 Å². The molecule has 1 saturated carbocycles. The molecule has 0 aliphatic heterocycles. The smallest absolute Gasteiger partial charge is 0.294 e. The molecular formula is C25H31N3O3. The largest absolute Gasteiger partial charge is 0.459 e. The third kappa shape index (κ3) is 4.89. The average Bonchev–Trinajstić information content (AvgIpc) is 3.34. The van der Waals surface area contributed by atoms with Crippen molar-refractivity contribution in [2.75, 3.05) is 0 Å². The number of hydrogen-bond donors (Lipinski definition) is 1. The highest BCUT2D eigenvalue weighted by atomic mass is 16.3. The van der Waals surface area contributed by atoms with E-state index in [-0.39, 0.29) is 29.5 Å². The summed E-state index contributed by atoms with van der Waals surface area (Å²) in [5.74, 6) is -0.0385. The van der Waals surface area contributed by atoms with E-state index in [1.807, 2.05) is 12.1 Å². The van der Waals surface area contributed by atoms with Gasteiger partial charge in [-0.2, -0.15) is 0 Å². The fourth-order valence-corrected chi connectivity index (χ4v) is 4.74. The molecule has 2 aromatic heterocycles. The van der Waals surface area contributed by atoms with Crippen LogP contribution in [0.3, 0.4) is 0 Å². The molecule has 2 atom stereocenters. The fraction of sp³-hybridized carbons (Fsp3) is 0.480. The summed E-state index contributed by atoms with van der Waals surface area (Å²) in [5.41, 5.74) is 1.59. The average molecular weight is 422 g/mol. The molecule has 1 fully saturated rings. The van der Waals surface area contributed by atoms with Crippen LogP contribution in [0.4, 0.5) is 0 Å². The molecule has 2 heterocycles. The van der Waals surface area contributed by atoms with Gasteiger partial charge in [0.15, 0.2) is 5.76 Å². The van der Waals surface area contributed by atoms with E-state index in [1.54, 1.807) is 29.4 Å². The highest BCUT2D eigenvalue weighted by Crippen LogP contribution is 2.35. The van der Waals surface area contributed by atoms with Gasteiger partial charge in [-0.1, -0.05) is 38.3 Å². The van der Waals surface area contributed by atoms with E-state index in [1.165, 1.54) is 12.7 Å². The van der Waals surface area contributed by atoms with Crippen LogP contribution in [0.25, 0.3) is 0 Å². The lowest BCUT2D eigenvalue weighted by molar-refractivity contribution is -0.126. The summed E-state index contributed by atoms with van der Waals surface area (Å²) >= 11 is 0. The summed E-state index contributed by atoms with van der Waals surface area (Å²) in [5, 5.41) is 3.23. The molecule has 0 unspecified atom stereocenters. The first-order valence-electron chi connectivity index (χ1n) is 11.4. The number of aromatic nitrogens is 1. The Bertz CT molecular complexity index is 901. The third-order valence-corrected chi connectivity index (χ3v) is 6.39. The van der Waals surface area contributed by atoms with Crippen LogP contribution in [0.1, 0.15) is 80.5 Å². The molecule has 0 bridgehead atoms. The number of nitrogens with zero attached hydrogens (tertiary/aromatic N) is 2. The zero-order chi connectivity index (χ0) is 21.6.